The Balaban J connectivity index is 2.59. The van der Waals surface area contributed by atoms with Gasteiger partial charge in [-0.3, -0.25) is 0 Å². The van der Waals surface area contributed by atoms with Crippen molar-refractivity contribution in [1.82, 2.24) is 0 Å². The number of hydrogen-bond acceptors (Lipinski definition) is 1. The standard InChI is InChI=1S/C13H18ClN/c1-4-5-6-11(3)15-13-8-7-12(14)9-10(13)2/h4,7-9,11,15H,1,5-6H2,2-3H3. The minimum Gasteiger partial charge on any atom is -0.382 e. The van der Waals surface area contributed by atoms with Gasteiger partial charge in [0, 0.05) is 16.8 Å². The van der Waals surface area contributed by atoms with E-state index in [1.54, 1.807) is 0 Å². The zero-order valence-corrected chi connectivity index (χ0v) is 10.1. The number of rotatable bonds is 5. The molecule has 0 amide bonds. The van der Waals surface area contributed by atoms with Gasteiger partial charge in [0.2, 0.25) is 0 Å². The van der Waals surface area contributed by atoms with Gasteiger partial charge in [-0.15, -0.1) is 6.58 Å². The number of nitrogens with one attached hydrogen (secondary N) is 1. The van der Waals surface area contributed by atoms with Gasteiger partial charge in [-0.05, 0) is 50.5 Å². The molecule has 0 aliphatic heterocycles. The predicted octanol–water partition coefficient (Wildman–Crippen LogP) is 4.42. The molecule has 0 aliphatic carbocycles. The van der Waals surface area contributed by atoms with Gasteiger partial charge in [0.1, 0.15) is 0 Å². The van der Waals surface area contributed by atoms with E-state index in [4.69, 9.17) is 11.6 Å². The van der Waals surface area contributed by atoms with Gasteiger partial charge < -0.3 is 5.32 Å². The first-order valence-corrected chi connectivity index (χ1v) is 5.65. The average Bonchev–Trinajstić information content (AvgIpc) is 2.19. The summed E-state index contributed by atoms with van der Waals surface area (Å²) >= 11 is 5.90. The zero-order chi connectivity index (χ0) is 11.3. The van der Waals surface area contributed by atoms with Crippen molar-refractivity contribution < 1.29 is 0 Å². The van der Waals surface area contributed by atoms with Crippen LogP contribution < -0.4 is 5.32 Å². The summed E-state index contributed by atoms with van der Waals surface area (Å²) in [4.78, 5) is 0. The molecule has 0 heterocycles. The quantitative estimate of drug-likeness (QED) is 0.729. The van der Waals surface area contributed by atoms with E-state index in [1.165, 1.54) is 5.56 Å². The molecule has 15 heavy (non-hydrogen) atoms. The number of anilines is 1. The van der Waals surface area contributed by atoms with Crippen LogP contribution in [0.3, 0.4) is 0 Å². The summed E-state index contributed by atoms with van der Waals surface area (Å²) in [6.07, 6.45) is 4.10. The zero-order valence-electron chi connectivity index (χ0n) is 9.39. The molecule has 1 aromatic carbocycles. The molecule has 1 N–H and O–H groups in total. The predicted molar refractivity (Wildman–Crippen MR) is 68.7 cm³/mol. The molecule has 0 spiro atoms. The third-order valence-corrected chi connectivity index (χ3v) is 2.63. The molecule has 1 rings (SSSR count). The van der Waals surface area contributed by atoms with Crippen molar-refractivity contribution in [2.75, 3.05) is 5.32 Å². The van der Waals surface area contributed by atoms with Crippen molar-refractivity contribution in [3.8, 4) is 0 Å². The molecule has 2 heteroatoms. The van der Waals surface area contributed by atoms with Crippen molar-refractivity contribution >= 4 is 17.3 Å². The van der Waals surface area contributed by atoms with E-state index in [9.17, 15) is 0 Å². The molecule has 1 atom stereocenters. The summed E-state index contributed by atoms with van der Waals surface area (Å²) in [6.45, 7) is 7.97. The number of hydrogen-bond donors (Lipinski definition) is 1. The monoisotopic (exact) mass is 223 g/mol. The summed E-state index contributed by atoms with van der Waals surface area (Å²) in [6, 6.07) is 6.38. The maximum atomic E-state index is 5.90. The van der Waals surface area contributed by atoms with E-state index >= 15 is 0 Å². The summed E-state index contributed by atoms with van der Waals surface area (Å²) in [5.41, 5.74) is 2.35. The van der Waals surface area contributed by atoms with E-state index in [-0.39, 0.29) is 0 Å². The van der Waals surface area contributed by atoms with Gasteiger partial charge in [0.05, 0.1) is 0 Å². The molecule has 1 unspecified atom stereocenters. The van der Waals surface area contributed by atoms with E-state index in [1.807, 2.05) is 24.3 Å². The Bertz CT molecular complexity index is 333. The third kappa shape index (κ3) is 3.96. The molecule has 1 aromatic rings. The fraction of sp³-hybridized carbons (Fsp3) is 0.385. The second-order valence-corrected chi connectivity index (χ2v) is 4.31. The number of allylic oxidation sites excluding steroid dienone is 1. The second-order valence-electron chi connectivity index (χ2n) is 3.87. The van der Waals surface area contributed by atoms with E-state index in [2.05, 4.69) is 25.7 Å². The molecule has 0 radical (unpaired) electrons. The minimum atomic E-state index is 0.461. The van der Waals surface area contributed by atoms with Crippen LogP contribution in [-0.2, 0) is 0 Å². The van der Waals surface area contributed by atoms with Crippen LogP contribution in [-0.4, -0.2) is 6.04 Å². The minimum absolute atomic E-state index is 0.461. The fourth-order valence-corrected chi connectivity index (χ4v) is 1.72. The Morgan fingerprint density at radius 2 is 2.27 bits per heavy atom. The molecule has 0 aromatic heterocycles. The first-order valence-electron chi connectivity index (χ1n) is 5.27. The number of halogens is 1. The van der Waals surface area contributed by atoms with Crippen molar-refractivity contribution in [3.05, 3.63) is 41.4 Å². The maximum absolute atomic E-state index is 5.90. The highest BCUT2D eigenvalue weighted by atomic mass is 35.5. The van der Waals surface area contributed by atoms with Crippen LogP contribution in [0.1, 0.15) is 25.3 Å². The normalized spacial score (nSPS) is 12.2. The molecular weight excluding hydrogens is 206 g/mol. The molecule has 0 aliphatic rings. The highest BCUT2D eigenvalue weighted by Gasteiger charge is 2.03. The van der Waals surface area contributed by atoms with Crippen molar-refractivity contribution in [2.24, 2.45) is 0 Å². The fourth-order valence-electron chi connectivity index (χ4n) is 1.49. The Kier molecular flexibility index (Phi) is 4.70. The average molecular weight is 224 g/mol. The van der Waals surface area contributed by atoms with Gasteiger partial charge in [0.15, 0.2) is 0 Å². The van der Waals surface area contributed by atoms with Gasteiger partial charge in [-0.25, -0.2) is 0 Å². The van der Waals surface area contributed by atoms with E-state index < -0.39 is 0 Å². The van der Waals surface area contributed by atoms with Crippen molar-refractivity contribution in [1.29, 1.82) is 0 Å². The van der Waals surface area contributed by atoms with E-state index in [0.29, 0.717) is 6.04 Å². The summed E-state index contributed by atoms with van der Waals surface area (Å²) in [5, 5.41) is 4.25. The summed E-state index contributed by atoms with van der Waals surface area (Å²) in [7, 11) is 0. The molecule has 82 valence electrons. The molecular formula is C13H18ClN. The highest BCUT2D eigenvalue weighted by molar-refractivity contribution is 6.30. The molecule has 0 bridgehead atoms. The molecule has 1 nitrogen and oxygen atoms in total. The van der Waals surface area contributed by atoms with Crippen molar-refractivity contribution in [2.45, 2.75) is 32.7 Å². The Labute approximate surface area is 97.1 Å². The Hall–Kier alpha value is -0.950. The lowest BCUT2D eigenvalue weighted by atomic mass is 10.1. The number of benzene rings is 1. The highest BCUT2D eigenvalue weighted by Crippen LogP contribution is 2.20. The van der Waals surface area contributed by atoms with Crippen LogP contribution in [0.15, 0.2) is 30.9 Å². The lowest BCUT2D eigenvalue weighted by Gasteiger charge is -2.16. The lowest BCUT2D eigenvalue weighted by molar-refractivity contribution is 0.718. The van der Waals surface area contributed by atoms with Crippen LogP contribution in [0, 0.1) is 6.92 Å². The topological polar surface area (TPSA) is 12.0 Å². The van der Waals surface area contributed by atoms with Crippen LogP contribution in [0.4, 0.5) is 5.69 Å². The summed E-state index contributed by atoms with van der Waals surface area (Å²) in [5.74, 6) is 0. The lowest BCUT2D eigenvalue weighted by Crippen LogP contribution is -2.15. The largest absolute Gasteiger partial charge is 0.382 e. The summed E-state index contributed by atoms with van der Waals surface area (Å²) < 4.78 is 0. The van der Waals surface area contributed by atoms with E-state index in [0.717, 1.165) is 23.6 Å². The third-order valence-electron chi connectivity index (χ3n) is 2.39. The number of aryl methyl sites for hydroxylation is 1. The SMILES string of the molecule is C=CCCC(C)Nc1ccc(Cl)cc1C. The molecule has 0 saturated heterocycles. The first-order chi connectivity index (χ1) is 7.13. The molecule has 0 fully saturated rings. The van der Waals surface area contributed by atoms with Crippen LogP contribution in [0.5, 0.6) is 0 Å². The molecule has 0 saturated carbocycles. The second kappa shape index (κ2) is 5.82. The van der Waals surface area contributed by atoms with Crippen LogP contribution >= 0.6 is 11.6 Å². The van der Waals surface area contributed by atoms with Gasteiger partial charge in [-0.2, -0.15) is 0 Å². The Morgan fingerprint density at radius 3 is 2.87 bits per heavy atom. The maximum Gasteiger partial charge on any atom is 0.0410 e. The van der Waals surface area contributed by atoms with Crippen LogP contribution in [0.25, 0.3) is 0 Å². The van der Waals surface area contributed by atoms with Gasteiger partial charge in [-0.1, -0.05) is 17.7 Å². The first kappa shape index (κ1) is 12.1. The van der Waals surface area contributed by atoms with Crippen LogP contribution in [0.2, 0.25) is 5.02 Å². The van der Waals surface area contributed by atoms with Crippen molar-refractivity contribution in [3.63, 3.8) is 0 Å². The van der Waals surface area contributed by atoms with Gasteiger partial charge in [0.25, 0.3) is 0 Å². The Morgan fingerprint density at radius 1 is 1.53 bits per heavy atom. The van der Waals surface area contributed by atoms with Gasteiger partial charge >= 0.3 is 0 Å². The smallest absolute Gasteiger partial charge is 0.0410 e.